The van der Waals surface area contributed by atoms with E-state index >= 15 is 0 Å². The summed E-state index contributed by atoms with van der Waals surface area (Å²) in [6, 6.07) is 1.97. The van der Waals surface area contributed by atoms with Crippen molar-refractivity contribution in [3.63, 3.8) is 0 Å². The minimum absolute atomic E-state index is 0.220. The molecule has 0 saturated carbocycles. The van der Waals surface area contributed by atoms with Gasteiger partial charge >= 0.3 is 5.97 Å². The van der Waals surface area contributed by atoms with Gasteiger partial charge in [-0.1, -0.05) is 13.8 Å². The molecule has 0 aliphatic carbocycles. The lowest BCUT2D eigenvalue weighted by molar-refractivity contribution is -0.142. The molecule has 1 saturated heterocycles. The molecule has 2 rings (SSSR count). The van der Waals surface area contributed by atoms with Gasteiger partial charge in [0.2, 0.25) is 0 Å². The molecule has 0 spiro atoms. The summed E-state index contributed by atoms with van der Waals surface area (Å²) < 4.78 is 0. The van der Waals surface area contributed by atoms with Crippen molar-refractivity contribution in [2.24, 2.45) is 11.8 Å². The number of carboxylic acid groups (broad SMARTS) is 1. The first-order valence-electron chi connectivity index (χ1n) is 8.03. The maximum absolute atomic E-state index is 11.0. The Morgan fingerprint density at radius 1 is 1.41 bits per heavy atom. The molecule has 1 aliphatic rings. The van der Waals surface area contributed by atoms with Crippen LogP contribution in [0, 0.1) is 18.8 Å². The number of aliphatic carboxylic acids is 1. The van der Waals surface area contributed by atoms with E-state index in [1.165, 1.54) is 0 Å². The summed E-state index contributed by atoms with van der Waals surface area (Å²) in [6.07, 6.45) is 2.45. The van der Waals surface area contributed by atoms with Gasteiger partial charge in [0.25, 0.3) is 0 Å². The van der Waals surface area contributed by atoms with Crippen LogP contribution in [-0.4, -0.2) is 40.7 Å². The second-order valence-corrected chi connectivity index (χ2v) is 6.37. The van der Waals surface area contributed by atoms with Crippen molar-refractivity contribution in [3.05, 3.63) is 11.9 Å². The summed E-state index contributed by atoms with van der Waals surface area (Å²) in [6.45, 7) is 8.66. The zero-order chi connectivity index (χ0) is 16.1. The smallest absolute Gasteiger partial charge is 0.306 e. The first-order valence-corrected chi connectivity index (χ1v) is 8.03. The van der Waals surface area contributed by atoms with Gasteiger partial charge in [0.15, 0.2) is 0 Å². The number of nitrogens with one attached hydrogen (secondary N) is 1. The van der Waals surface area contributed by atoms with Gasteiger partial charge in [0, 0.05) is 25.7 Å². The largest absolute Gasteiger partial charge is 0.481 e. The third kappa shape index (κ3) is 4.58. The van der Waals surface area contributed by atoms with Crippen molar-refractivity contribution < 1.29 is 9.90 Å². The Labute approximate surface area is 132 Å². The van der Waals surface area contributed by atoms with Gasteiger partial charge in [-0.2, -0.15) is 0 Å². The zero-order valence-corrected chi connectivity index (χ0v) is 13.7. The van der Waals surface area contributed by atoms with Crippen LogP contribution >= 0.6 is 0 Å². The summed E-state index contributed by atoms with van der Waals surface area (Å²) in [5.74, 6) is 2.24. The van der Waals surface area contributed by atoms with E-state index in [1.54, 1.807) is 0 Å². The third-order valence-corrected chi connectivity index (χ3v) is 4.02. The highest BCUT2D eigenvalue weighted by molar-refractivity contribution is 5.70. The van der Waals surface area contributed by atoms with Crippen molar-refractivity contribution in [2.75, 3.05) is 29.9 Å². The molecular weight excluding hydrogens is 280 g/mol. The van der Waals surface area contributed by atoms with Gasteiger partial charge in [-0.25, -0.2) is 9.97 Å². The molecule has 22 heavy (non-hydrogen) atoms. The third-order valence-electron chi connectivity index (χ3n) is 4.02. The van der Waals surface area contributed by atoms with Crippen molar-refractivity contribution in [2.45, 2.75) is 40.0 Å². The van der Waals surface area contributed by atoms with Crippen molar-refractivity contribution >= 4 is 17.6 Å². The highest BCUT2D eigenvalue weighted by atomic mass is 16.4. The van der Waals surface area contributed by atoms with Crippen LogP contribution in [0.2, 0.25) is 0 Å². The van der Waals surface area contributed by atoms with Crippen molar-refractivity contribution in [1.82, 2.24) is 9.97 Å². The second-order valence-electron chi connectivity index (χ2n) is 6.37. The minimum atomic E-state index is -0.686. The molecule has 2 N–H and O–H groups in total. The Balaban J connectivity index is 1.99. The van der Waals surface area contributed by atoms with Gasteiger partial charge in [-0.05, 0) is 32.1 Å². The standard InChI is InChI=1S/C16H26N4O2/c1-11(2)4-7-17-14-10-15(19-12(3)18-14)20-8-5-13(6-9-20)16(21)22/h10-11,13H,4-9H2,1-3H3,(H,21,22)(H,17,18,19). The summed E-state index contributed by atoms with van der Waals surface area (Å²) in [5.41, 5.74) is 0. The number of rotatable bonds is 6. The average molecular weight is 306 g/mol. The monoisotopic (exact) mass is 306 g/mol. The van der Waals surface area contributed by atoms with Crippen LogP contribution in [0.25, 0.3) is 0 Å². The molecule has 1 fully saturated rings. The Bertz CT molecular complexity index is 511. The lowest BCUT2D eigenvalue weighted by Crippen LogP contribution is -2.37. The maximum Gasteiger partial charge on any atom is 0.306 e. The Morgan fingerprint density at radius 3 is 2.68 bits per heavy atom. The van der Waals surface area contributed by atoms with Crippen LogP contribution in [0.4, 0.5) is 11.6 Å². The van der Waals surface area contributed by atoms with Crippen LogP contribution in [-0.2, 0) is 4.79 Å². The van der Waals surface area contributed by atoms with E-state index in [4.69, 9.17) is 5.11 Å². The van der Waals surface area contributed by atoms with Crippen molar-refractivity contribution in [3.8, 4) is 0 Å². The summed E-state index contributed by atoms with van der Waals surface area (Å²) in [4.78, 5) is 22.1. The maximum atomic E-state index is 11.0. The van der Waals surface area contributed by atoms with Gasteiger partial charge in [-0.3, -0.25) is 4.79 Å². The number of carbonyl (C=O) groups is 1. The number of nitrogens with zero attached hydrogens (tertiary/aromatic N) is 3. The minimum Gasteiger partial charge on any atom is -0.481 e. The molecule has 6 nitrogen and oxygen atoms in total. The fraction of sp³-hybridized carbons (Fsp3) is 0.688. The predicted molar refractivity (Wildman–Crippen MR) is 87.3 cm³/mol. The Kier molecular flexibility index (Phi) is 5.57. The molecule has 0 atom stereocenters. The first-order chi connectivity index (χ1) is 10.5. The summed E-state index contributed by atoms with van der Waals surface area (Å²) in [5, 5.41) is 12.4. The lowest BCUT2D eigenvalue weighted by Gasteiger charge is -2.31. The quantitative estimate of drug-likeness (QED) is 0.841. The van der Waals surface area contributed by atoms with E-state index < -0.39 is 5.97 Å². The van der Waals surface area contributed by atoms with E-state index in [-0.39, 0.29) is 5.92 Å². The predicted octanol–water partition coefficient (Wildman–Crippen LogP) is 2.54. The van der Waals surface area contributed by atoms with Crippen LogP contribution in [0.3, 0.4) is 0 Å². The molecule has 122 valence electrons. The molecule has 2 heterocycles. The molecule has 1 aromatic rings. The number of aryl methyl sites for hydroxylation is 1. The molecular formula is C16H26N4O2. The van der Waals surface area contributed by atoms with E-state index in [0.717, 1.165) is 43.5 Å². The van der Waals surface area contributed by atoms with Crippen LogP contribution in [0.1, 0.15) is 38.9 Å². The topological polar surface area (TPSA) is 78.4 Å². The second kappa shape index (κ2) is 7.42. The molecule has 0 amide bonds. The van der Waals surface area contributed by atoms with E-state index in [0.29, 0.717) is 18.8 Å². The van der Waals surface area contributed by atoms with Gasteiger partial charge in [-0.15, -0.1) is 0 Å². The highest BCUT2D eigenvalue weighted by Gasteiger charge is 2.25. The number of carboxylic acids is 1. The summed E-state index contributed by atoms with van der Waals surface area (Å²) in [7, 11) is 0. The molecule has 0 aromatic carbocycles. The summed E-state index contributed by atoms with van der Waals surface area (Å²) >= 11 is 0. The Hall–Kier alpha value is -1.85. The Morgan fingerprint density at radius 2 is 2.09 bits per heavy atom. The van der Waals surface area contributed by atoms with Crippen LogP contribution in [0.5, 0.6) is 0 Å². The normalized spacial score (nSPS) is 16.1. The number of aromatic nitrogens is 2. The zero-order valence-electron chi connectivity index (χ0n) is 13.7. The molecule has 0 unspecified atom stereocenters. The molecule has 6 heteroatoms. The van der Waals surface area contributed by atoms with Crippen LogP contribution < -0.4 is 10.2 Å². The van der Waals surface area contributed by atoms with Crippen LogP contribution in [0.15, 0.2) is 6.07 Å². The number of hydrogen-bond acceptors (Lipinski definition) is 5. The van der Waals surface area contributed by atoms with E-state index in [9.17, 15) is 4.79 Å². The lowest BCUT2D eigenvalue weighted by atomic mass is 9.97. The number of hydrogen-bond donors (Lipinski definition) is 2. The van der Waals surface area contributed by atoms with E-state index in [2.05, 4.69) is 34.0 Å². The molecule has 0 bridgehead atoms. The number of anilines is 2. The van der Waals surface area contributed by atoms with Gasteiger partial charge < -0.3 is 15.3 Å². The van der Waals surface area contributed by atoms with Crippen molar-refractivity contribution in [1.29, 1.82) is 0 Å². The van der Waals surface area contributed by atoms with Gasteiger partial charge in [0.05, 0.1) is 5.92 Å². The fourth-order valence-corrected chi connectivity index (χ4v) is 2.65. The molecule has 0 radical (unpaired) electrons. The number of piperidine rings is 1. The first kappa shape index (κ1) is 16.5. The molecule has 1 aromatic heterocycles. The fourth-order valence-electron chi connectivity index (χ4n) is 2.65. The average Bonchev–Trinajstić information content (AvgIpc) is 2.46. The van der Waals surface area contributed by atoms with Gasteiger partial charge in [0.1, 0.15) is 17.5 Å². The highest BCUT2D eigenvalue weighted by Crippen LogP contribution is 2.23. The molecule has 1 aliphatic heterocycles. The SMILES string of the molecule is Cc1nc(NCCC(C)C)cc(N2CCC(C(=O)O)CC2)n1. The van der Waals surface area contributed by atoms with E-state index in [1.807, 2.05) is 13.0 Å².